The predicted molar refractivity (Wildman–Crippen MR) is 128 cm³/mol. The van der Waals surface area contributed by atoms with Crippen LogP contribution in [0.3, 0.4) is 0 Å². The van der Waals surface area contributed by atoms with E-state index in [2.05, 4.69) is 15.6 Å². The van der Waals surface area contributed by atoms with Crippen LogP contribution in [0.15, 0.2) is 52.7 Å². The molecule has 0 spiro atoms. The summed E-state index contributed by atoms with van der Waals surface area (Å²) in [5.41, 5.74) is 0.625. The Balaban J connectivity index is 1.27. The van der Waals surface area contributed by atoms with Gasteiger partial charge in [0.25, 0.3) is 5.91 Å². The van der Waals surface area contributed by atoms with Gasteiger partial charge in [-0.15, -0.1) is 23.1 Å². The van der Waals surface area contributed by atoms with E-state index in [1.54, 1.807) is 24.6 Å². The van der Waals surface area contributed by atoms with Crippen LogP contribution in [-0.2, 0) is 25.3 Å². The van der Waals surface area contributed by atoms with Gasteiger partial charge in [0.15, 0.2) is 11.7 Å². The summed E-state index contributed by atoms with van der Waals surface area (Å²) in [6.07, 6.45) is -4.90. The number of carbonyl (C=O) groups is 3. The first kappa shape index (κ1) is 25.5. The third-order valence-corrected chi connectivity index (χ3v) is 7.01. The first-order chi connectivity index (χ1) is 17.1. The van der Waals surface area contributed by atoms with Gasteiger partial charge in [0.1, 0.15) is 5.75 Å². The van der Waals surface area contributed by atoms with Gasteiger partial charge in [0.05, 0.1) is 35.7 Å². The van der Waals surface area contributed by atoms with Crippen LogP contribution in [0, 0.1) is 0 Å². The van der Waals surface area contributed by atoms with Gasteiger partial charge in [-0.05, 0) is 42.5 Å². The lowest BCUT2D eigenvalue weighted by molar-refractivity contribution is -0.147. The molecule has 1 atom stereocenters. The molecule has 13 heteroatoms. The van der Waals surface area contributed by atoms with Crippen molar-refractivity contribution in [1.29, 1.82) is 0 Å². The number of halogens is 3. The number of fused-ring (bicyclic) bond motifs is 1. The van der Waals surface area contributed by atoms with E-state index >= 15 is 0 Å². The van der Waals surface area contributed by atoms with Gasteiger partial charge in [-0.1, -0.05) is 0 Å². The van der Waals surface area contributed by atoms with Crippen molar-refractivity contribution in [2.45, 2.75) is 22.7 Å². The van der Waals surface area contributed by atoms with E-state index < -0.39 is 41.4 Å². The highest BCUT2D eigenvalue weighted by molar-refractivity contribution is 8.01. The molecule has 0 bridgehead atoms. The van der Waals surface area contributed by atoms with E-state index in [1.165, 1.54) is 17.4 Å². The second-order valence-electron chi connectivity index (χ2n) is 7.48. The largest absolute Gasteiger partial charge is 0.497 e. The molecular weight excluding hydrogens is 519 g/mol. The highest BCUT2D eigenvalue weighted by atomic mass is 32.2. The van der Waals surface area contributed by atoms with Crippen LogP contribution in [0.5, 0.6) is 5.75 Å². The smallest absolute Gasteiger partial charge is 0.416 e. The fourth-order valence-corrected chi connectivity index (χ4v) is 5.01. The molecule has 0 fully saturated rings. The number of hydrogen-bond donors (Lipinski definition) is 2. The Morgan fingerprint density at radius 3 is 2.61 bits per heavy atom. The summed E-state index contributed by atoms with van der Waals surface area (Å²) in [7, 11) is 1.57. The zero-order chi connectivity index (χ0) is 25.9. The number of thioether (sulfide) groups is 1. The Morgan fingerprint density at radius 1 is 1.17 bits per heavy atom. The number of nitrogens with one attached hydrogen (secondary N) is 2. The Labute approximate surface area is 211 Å². The van der Waals surface area contributed by atoms with Crippen LogP contribution in [0.2, 0.25) is 0 Å². The standard InChI is InChI=1S/C23H18F3N3O5S2/c1-33-14-5-2-12(3-6-14)16-11-35-22(28-16)29-19(30)10-34-20(31)9-18-21(32)27-15-8-13(23(24,25)26)4-7-17(15)36-18/h2-8,11,18H,9-10H2,1H3,(H,27,32)(H,28,29,30)/t18-/m0/s1. The summed E-state index contributed by atoms with van der Waals surface area (Å²) in [6.45, 7) is -0.583. The first-order valence-electron chi connectivity index (χ1n) is 10.4. The number of benzene rings is 2. The van der Waals surface area contributed by atoms with Crippen LogP contribution in [0.1, 0.15) is 12.0 Å². The fourth-order valence-electron chi connectivity index (χ4n) is 3.20. The lowest BCUT2D eigenvalue weighted by atomic mass is 10.1. The Bertz CT molecular complexity index is 1290. The maximum atomic E-state index is 12.9. The van der Waals surface area contributed by atoms with Gasteiger partial charge >= 0.3 is 12.1 Å². The van der Waals surface area contributed by atoms with Gasteiger partial charge in [0.2, 0.25) is 5.91 Å². The van der Waals surface area contributed by atoms with E-state index in [-0.39, 0.29) is 12.1 Å². The number of thiazole rings is 1. The van der Waals surface area contributed by atoms with Gasteiger partial charge < -0.3 is 14.8 Å². The molecule has 2 amide bonds. The topological polar surface area (TPSA) is 107 Å². The zero-order valence-corrected chi connectivity index (χ0v) is 20.2. The first-order valence-corrected chi connectivity index (χ1v) is 12.1. The van der Waals surface area contributed by atoms with E-state index in [0.29, 0.717) is 21.5 Å². The summed E-state index contributed by atoms with van der Waals surface area (Å²) in [5.74, 6) is -1.33. The minimum atomic E-state index is -4.54. The molecule has 0 aliphatic carbocycles. The Morgan fingerprint density at radius 2 is 1.92 bits per heavy atom. The quantitative estimate of drug-likeness (QED) is 0.416. The maximum Gasteiger partial charge on any atom is 0.416 e. The molecule has 0 saturated carbocycles. The molecule has 1 aliphatic heterocycles. The number of rotatable bonds is 7. The maximum absolute atomic E-state index is 12.9. The SMILES string of the molecule is COc1ccc(-c2csc(NC(=O)COC(=O)C[C@@H]3Sc4ccc(C(F)(F)F)cc4NC3=O)n2)cc1. The number of methoxy groups -OCH3 is 1. The molecule has 4 rings (SSSR count). The van der Waals surface area contributed by atoms with Crippen LogP contribution >= 0.6 is 23.1 Å². The number of nitrogens with zero attached hydrogens (tertiary/aromatic N) is 1. The van der Waals surface area contributed by atoms with Crippen molar-refractivity contribution in [3.63, 3.8) is 0 Å². The number of anilines is 2. The van der Waals surface area contributed by atoms with E-state index in [4.69, 9.17) is 9.47 Å². The predicted octanol–water partition coefficient (Wildman–Crippen LogP) is 4.82. The lowest BCUT2D eigenvalue weighted by Gasteiger charge is -2.24. The highest BCUT2D eigenvalue weighted by Gasteiger charge is 2.34. The summed E-state index contributed by atoms with van der Waals surface area (Å²) in [4.78, 5) is 41.3. The van der Waals surface area contributed by atoms with Crippen LogP contribution in [0.25, 0.3) is 11.3 Å². The van der Waals surface area contributed by atoms with Crippen LogP contribution in [0.4, 0.5) is 24.0 Å². The number of alkyl halides is 3. The van der Waals surface area contributed by atoms with E-state index in [0.717, 1.165) is 29.5 Å². The van der Waals surface area contributed by atoms with Gasteiger partial charge in [-0.2, -0.15) is 13.2 Å². The van der Waals surface area contributed by atoms with Crippen molar-refractivity contribution in [3.05, 3.63) is 53.4 Å². The molecular formula is C23H18F3N3O5S2. The Hall–Kier alpha value is -3.58. The van der Waals surface area contributed by atoms with Gasteiger partial charge in [0, 0.05) is 15.8 Å². The normalized spacial score (nSPS) is 15.0. The average Bonchev–Trinajstić information content (AvgIpc) is 3.30. The number of esters is 1. The average molecular weight is 538 g/mol. The molecule has 0 radical (unpaired) electrons. The molecule has 3 aromatic rings. The number of hydrogen-bond acceptors (Lipinski definition) is 8. The molecule has 2 aromatic carbocycles. The monoisotopic (exact) mass is 537 g/mol. The number of aromatic nitrogens is 1. The van der Waals surface area contributed by atoms with Crippen molar-refractivity contribution in [2.24, 2.45) is 0 Å². The van der Waals surface area contributed by atoms with Gasteiger partial charge in [-0.25, -0.2) is 4.98 Å². The van der Waals surface area contributed by atoms with Crippen molar-refractivity contribution in [2.75, 3.05) is 24.4 Å². The molecule has 1 aromatic heterocycles. The third-order valence-electron chi connectivity index (χ3n) is 4.98. The lowest BCUT2D eigenvalue weighted by Crippen LogP contribution is -2.32. The number of amides is 2. The minimum absolute atomic E-state index is 0.0290. The Kier molecular flexibility index (Phi) is 7.50. The zero-order valence-electron chi connectivity index (χ0n) is 18.5. The molecule has 2 heterocycles. The molecule has 0 unspecified atom stereocenters. The van der Waals surface area contributed by atoms with Crippen LogP contribution < -0.4 is 15.4 Å². The molecule has 1 aliphatic rings. The van der Waals surface area contributed by atoms with Crippen molar-refractivity contribution in [1.82, 2.24) is 4.98 Å². The number of ether oxygens (including phenoxy) is 2. The molecule has 8 nitrogen and oxygen atoms in total. The third kappa shape index (κ3) is 6.15. The summed E-state index contributed by atoms with van der Waals surface area (Å²) >= 11 is 2.16. The molecule has 188 valence electrons. The molecule has 36 heavy (non-hydrogen) atoms. The highest BCUT2D eigenvalue weighted by Crippen LogP contribution is 2.40. The summed E-state index contributed by atoms with van der Waals surface area (Å²) in [5, 5.41) is 6.10. The summed E-state index contributed by atoms with van der Waals surface area (Å²) in [6, 6.07) is 10.2. The summed E-state index contributed by atoms with van der Waals surface area (Å²) < 4.78 is 48.7. The van der Waals surface area contributed by atoms with E-state index in [1.807, 2.05) is 12.1 Å². The van der Waals surface area contributed by atoms with E-state index in [9.17, 15) is 27.6 Å². The second-order valence-corrected chi connectivity index (χ2v) is 9.59. The van der Waals surface area contributed by atoms with Crippen molar-refractivity contribution < 1.29 is 37.0 Å². The van der Waals surface area contributed by atoms with Crippen molar-refractivity contribution >= 4 is 51.7 Å². The molecule has 0 saturated heterocycles. The van der Waals surface area contributed by atoms with Crippen molar-refractivity contribution in [3.8, 4) is 17.0 Å². The fraction of sp³-hybridized carbons (Fsp3) is 0.217. The second kappa shape index (κ2) is 10.6. The van der Waals surface area contributed by atoms with Gasteiger partial charge in [-0.3, -0.25) is 19.7 Å². The van der Waals surface area contributed by atoms with Crippen LogP contribution in [-0.4, -0.2) is 41.7 Å². The minimum Gasteiger partial charge on any atom is -0.497 e. The molecule has 2 N–H and O–H groups in total. The number of carbonyl (C=O) groups excluding carboxylic acids is 3.